The molecule has 1 aromatic heterocycles. The molecule has 0 saturated heterocycles. The highest BCUT2D eigenvalue weighted by molar-refractivity contribution is 7.10. The number of hydrogen-bond donors (Lipinski definition) is 0. The average Bonchev–Trinajstić information content (AvgIpc) is 2.92. The number of amides is 1. The van der Waals surface area contributed by atoms with E-state index in [2.05, 4.69) is 31.2 Å². The standard InChI is InChI=1S/C16H17NOS/c1-12-15-7-3-2-5-13(15)8-9-17(12)16(18)11-14-6-4-10-19-14/h2-7,10,12H,8-9,11H2,1H3. The van der Waals surface area contributed by atoms with Crippen LogP contribution in [0.5, 0.6) is 0 Å². The van der Waals surface area contributed by atoms with Crippen molar-refractivity contribution in [2.45, 2.75) is 25.8 Å². The van der Waals surface area contributed by atoms with Gasteiger partial charge in [0.15, 0.2) is 0 Å². The number of fused-ring (bicyclic) bond motifs is 1. The molecule has 3 rings (SSSR count). The normalized spacial score (nSPS) is 18.2. The predicted molar refractivity (Wildman–Crippen MR) is 78.3 cm³/mol. The Labute approximate surface area is 117 Å². The van der Waals surface area contributed by atoms with E-state index in [1.54, 1.807) is 11.3 Å². The number of carbonyl (C=O) groups is 1. The quantitative estimate of drug-likeness (QED) is 0.819. The molecule has 1 aromatic carbocycles. The summed E-state index contributed by atoms with van der Waals surface area (Å²) in [5.41, 5.74) is 2.68. The van der Waals surface area contributed by atoms with Crippen LogP contribution in [-0.4, -0.2) is 17.4 Å². The minimum atomic E-state index is 0.192. The van der Waals surface area contributed by atoms with Crippen molar-refractivity contribution in [2.75, 3.05) is 6.54 Å². The minimum Gasteiger partial charge on any atom is -0.335 e. The Hall–Kier alpha value is -1.61. The third kappa shape index (κ3) is 2.43. The van der Waals surface area contributed by atoms with E-state index >= 15 is 0 Å². The molecule has 0 N–H and O–H groups in total. The second kappa shape index (κ2) is 5.17. The zero-order valence-electron chi connectivity index (χ0n) is 11.0. The van der Waals surface area contributed by atoms with Gasteiger partial charge in [0, 0.05) is 11.4 Å². The van der Waals surface area contributed by atoms with Crippen molar-refractivity contribution in [1.29, 1.82) is 0 Å². The number of benzene rings is 1. The van der Waals surface area contributed by atoms with Gasteiger partial charge in [-0.1, -0.05) is 30.3 Å². The molecule has 19 heavy (non-hydrogen) atoms. The highest BCUT2D eigenvalue weighted by atomic mass is 32.1. The van der Waals surface area contributed by atoms with Crippen molar-refractivity contribution in [2.24, 2.45) is 0 Å². The van der Waals surface area contributed by atoms with E-state index < -0.39 is 0 Å². The van der Waals surface area contributed by atoms with Crippen molar-refractivity contribution in [3.05, 3.63) is 57.8 Å². The number of carbonyl (C=O) groups excluding carboxylic acids is 1. The van der Waals surface area contributed by atoms with Crippen LogP contribution in [0.25, 0.3) is 0 Å². The smallest absolute Gasteiger partial charge is 0.228 e. The summed E-state index contributed by atoms with van der Waals surface area (Å²) in [6.07, 6.45) is 1.50. The predicted octanol–water partition coefficient (Wildman–Crippen LogP) is 3.44. The molecule has 1 atom stereocenters. The monoisotopic (exact) mass is 271 g/mol. The lowest BCUT2D eigenvalue weighted by molar-refractivity contribution is -0.132. The number of hydrogen-bond acceptors (Lipinski definition) is 2. The summed E-state index contributed by atoms with van der Waals surface area (Å²) in [4.78, 5) is 15.6. The first-order valence-corrected chi connectivity index (χ1v) is 7.53. The Bertz CT molecular complexity index is 576. The number of nitrogens with zero attached hydrogens (tertiary/aromatic N) is 1. The van der Waals surface area contributed by atoms with Crippen LogP contribution in [0.3, 0.4) is 0 Å². The van der Waals surface area contributed by atoms with Crippen LogP contribution >= 0.6 is 11.3 Å². The van der Waals surface area contributed by atoms with Gasteiger partial charge in [0.05, 0.1) is 12.5 Å². The average molecular weight is 271 g/mol. The second-order valence-corrected chi connectivity index (χ2v) is 6.00. The van der Waals surface area contributed by atoms with Gasteiger partial charge < -0.3 is 4.90 Å². The summed E-state index contributed by atoms with van der Waals surface area (Å²) in [6, 6.07) is 12.7. The zero-order valence-corrected chi connectivity index (χ0v) is 11.8. The van der Waals surface area contributed by atoms with E-state index in [1.807, 2.05) is 22.4 Å². The highest BCUT2D eigenvalue weighted by Crippen LogP contribution is 2.29. The van der Waals surface area contributed by atoms with E-state index in [4.69, 9.17) is 0 Å². The van der Waals surface area contributed by atoms with Crippen LogP contribution in [-0.2, 0) is 17.6 Å². The Morgan fingerprint density at radius 3 is 2.95 bits per heavy atom. The third-order valence-corrected chi connectivity index (χ3v) is 4.70. The third-order valence-electron chi connectivity index (χ3n) is 3.82. The second-order valence-electron chi connectivity index (χ2n) is 4.97. The zero-order chi connectivity index (χ0) is 13.2. The first kappa shape index (κ1) is 12.4. The molecule has 0 bridgehead atoms. The van der Waals surface area contributed by atoms with Crippen LogP contribution in [0.15, 0.2) is 41.8 Å². The number of rotatable bonds is 2. The molecule has 2 aromatic rings. The van der Waals surface area contributed by atoms with Crippen LogP contribution in [0.1, 0.15) is 29.0 Å². The van der Waals surface area contributed by atoms with E-state index in [1.165, 1.54) is 11.1 Å². The van der Waals surface area contributed by atoms with Crippen molar-refractivity contribution in [3.63, 3.8) is 0 Å². The molecule has 2 heterocycles. The Kier molecular flexibility index (Phi) is 3.38. The van der Waals surface area contributed by atoms with Gasteiger partial charge >= 0.3 is 0 Å². The number of thiophene rings is 1. The maximum atomic E-state index is 12.4. The summed E-state index contributed by atoms with van der Waals surface area (Å²) < 4.78 is 0. The summed E-state index contributed by atoms with van der Waals surface area (Å²) >= 11 is 1.65. The van der Waals surface area contributed by atoms with Crippen molar-refractivity contribution in [3.8, 4) is 0 Å². The van der Waals surface area contributed by atoms with Gasteiger partial charge in [0.25, 0.3) is 0 Å². The molecule has 1 aliphatic heterocycles. The molecule has 0 spiro atoms. The lowest BCUT2D eigenvalue weighted by Gasteiger charge is -2.35. The van der Waals surface area contributed by atoms with Gasteiger partial charge in [-0.3, -0.25) is 4.79 Å². The van der Waals surface area contributed by atoms with Gasteiger partial charge in [-0.15, -0.1) is 11.3 Å². The molecule has 2 nitrogen and oxygen atoms in total. The fourth-order valence-electron chi connectivity index (χ4n) is 2.78. The van der Waals surface area contributed by atoms with Gasteiger partial charge in [0.1, 0.15) is 0 Å². The Morgan fingerprint density at radius 2 is 2.16 bits per heavy atom. The molecule has 1 amide bonds. The van der Waals surface area contributed by atoms with Crippen LogP contribution in [0, 0.1) is 0 Å². The molecule has 1 aliphatic rings. The maximum Gasteiger partial charge on any atom is 0.228 e. The fourth-order valence-corrected chi connectivity index (χ4v) is 3.47. The van der Waals surface area contributed by atoms with E-state index in [0.29, 0.717) is 6.42 Å². The van der Waals surface area contributed by atoms with Crippen LogP contribution < -0.4 is 0 Å². The molecule has 0 fully saturated rings. The van der Waals surface area contributed by atoms with Crippen molar-refractivity contribution >= 4 is 17.2 Å². The summed E-state index contributed by atoms with van der Waals surface area (Å²) in [5.74, 6) is 0.240. The topological polar surface area (TPSA) is 20.3 Å². The van der Waals surface area contributed by atoms with Crippen molar-refractivity contribution in [1.82, 2.24) is 4.90 Å². The molecule has 98 valence electrons. The molecule has 3 heteroatoms. The van der Waals surface area contributed by atoms with Gasteiger partial charge in [0.2, 0.25) is 5.91 Å². The minimum absolute atomic E-state index is 0.192. The summed E-state index contributed by atoms with van der Waals surface area (Å²) in [6.45, 7) is 2.96. The summed E-state index contributed by atoms with van der Waals surface area (Å²) in [7, 11) is 0. The first-order valence-electron chi connectivity index (χ1n) is 6.65. The van der Waals surface area contributed by atoms with Gasteiger partial charge in [-0.2, -0.15) is 0 Å². The molecular weight excluding hydrogens is 254 g/mol. The van der Waals surface area contributed by atoms with Crippen molar-refractivity contribution < 1.29 is 4.79 Å². The van der Waals surface area contributed by atoms with E-state index in [0.717, 1.165) is 17.8 Å². The molecule has 0 saturated carbocycles. The molecule has 1 unspecified atom stereocenters. The highest BCUT2D eigenvalue weighted by Gasteiger charge is 2.27. The SMILES string of the molecule is CC1c2ccccc2CCN1C(=O)Cc1cccs1. The van der Waals surface area contributed by atoms with Crippen LogP contribution in [0.2, 0.25) is 0 Å². The lowest BCUT2D eigenvalue weighted by atomic mass is 9.93. The Morgan fingerprint density at radius 1 is 1.32 bits per heavy atom. The molecule has 0 radical (unpaired) electrons. The molecular formula is C16H17NOS. The Balaban J connectivity index is 1.78. The van der Waals surface area contributed by atoms with Gasteiger partial charge in [-0.25, -0.2) is 0 Å². The maximum absolute atomic E-state index is 12.4. The molecule has 0 aliphatic carbocycles. The first-order chi connectivity index (χ1) is 9.25. The van der Waals surface area contributed by atoms with E-state index in [9.17, 15) is 4.79 Å². The van der Waals surface area contributed by atoms with Gasteiger partial charge in [-0.05, 0) is 35.9 Å². The van der Waals surface area contributed by atoms with E-state index in [-0.39, 0.29) is 11.9 Å². The van der Waals surface area contributed by atoms with Crippen LogP contribution in [0.4, 0.5) is 0 Å². The lowest BCUT2D eigenvalue weighted by Crippen LogP contribution is -2.39. The fraction of sp³-hybridized carbons (Fsp3) is 0.312. The largest absolute Gasteiger partial charge is 0.335 e. The summed E-state index contributed by atoms with van der Waals surface area (Å²) in [5, 5.41) is 2.03.